The van der Waals surface area contributed by atoms with Crippen LogP contribution < -0.4 is 5.73 Å². The molecule has 0 saturated carbocycles. The van der Waals surface area contributed by atoms with E-state index in [1.165, 1.54) is 0 Å². The lowest BCUT2D eigenvalue weighted by Gasteiger charge is -2.46. The van der Waals surface area contributed by atoms with Gasteiger partial charge in [-0.3, -0.25) is 9.80 Å². The summed E-state index contributed by atoms with van der Waals surface area (Å²) in [6.45, 7) is 11.0. The Labute approximate surface area is 112 Å². The number of aliphatic hydroxyl groups excluding tert-OH is 1. The van der Waals surface area contributed by atoms with Gasteiger partial charge in [-0.25, -0.2) is 0 Å². The van der Waals surface area contributed by atoms with Gasteiger partial charge in [-0.2, -0.15) is 0 Å². The average Bonchev–Trinajstić information content (AvgIpc) is 2.25. The van der Waals surface area contributed by atoms with Crippen LogP contribution in [0, 0.1) is 5.92 Å². The Morgan fingerprint density at radius 1 is 1.22 bits per heavy atom. The summed E-state index contributed by atoms with van der Waals surface area (Å²) in [7, 11) is 2.18. The van der Waals surface area contributed by atoms with Crippen LogP contribution in [0.1, 0.15) is 34.1 Å². The molecule has 3 N–H and O–H groups in total. The van der Waals surface area contributed by atoms with Gasteiger partial charge in [0.1, 0.15) is 0 Å². The summed E-state index contributed by atoms with van der Waals surface area (Å²) in [5, 5.41) is 9.66. The number of likely N-dealkylation sites (N-methyl/N-ethyl adjacent to an activating group) is 1. The van der Waals surface area contributed by atoms with Crippen molar-refractivity contribution >= 4 is 0 Å². The molecule has 18 heavy (non-hydrogen) atoms. The van der Waals surface area contributed by atoms with Gasteiger partial charge in [0.2, 0.25) is 0 Å². The van der Waals surface area contributed by atoms with Crippen LogP contribution in [-0.2, 0) is 0 Å². The average molecular weight is 257 g/mol. The van der Waals surface area contributed by atoms with Crippen LogP contribution in [0.4, 0.5) is 0 Å². The standard InChI is InChI=1S/C14H31N3O/c1-10(2)6-13(15)14(9-18)17-7-11(3)16(5)12(4)8-17/h10-14,18H,6-9,15H2,1-5H3. The lowest BCUT2D eigenvalue weighted by Crippen LogP contribution is -2.61. The van der Waals surface area contributed by atoms with E-state index in [1.54, 1.807) is 0 Å². The first-order valence-electron chi connectivity index (χ1n) is 7.19. The molecule has 4 nitrogen and oxygen atoms in total. The number of piperazine rings is 1. The fraction of sp³-hybridized carbons (Fsp3) is 1.00. The molecule has 4 heteroatoms. The third kappa shape index (κ3) is 3.92. The maximum atomic E-state index is 9.66. The minimum absolute atomic E-state index is 0.0674. The summed E-state index contributed by atoms with van der Waals surface area (Å²) in [6.07, 6.45) is 0.973. The molecule has 0 aliphatic carbocycles. The van der Waals surface area contributed by atoms with E-state index in [-0.39, 0.29) is 18.7 Å². The first kappa shape index (κ1) is 15.9. The fourth-order valence-electron chi connectivity index (χ4n) is 2.94. The molecule has 1 heterocycles. The number of rotatable bonds is 5. The fourth-order valence-corrected chi connectivity index (χ4v) is 2.94. The topological polar surface area (TPSA) is 52.7 Å². The summed E-state index contributed by atoms with van der Waals surface area (Å²) >= 11 is 0. The number of aliphatic hydroxyl groups is 1. The van der Waals surface area contributed by atoms with Crippen LogP contribution in [0.25, 0.3) is 0 Å². The van der Waals surface area contributed by atoms with E-state index in [1.807, 2.05) is 0 Å². The number of nitrogens with two attached hydrogens (primary N) is 1. The molecule has 0 radical (unpaired) electrons. The Kier molecular flexibility index (Phi) is 6.05. The van der Waals surface area contributed by atoms with Crippen LogP contribution in [0.2, 0.25) is 0 Å². The third-order valence-corrected chi connectivity index (χ3v) is 4.28. The van der Waals surface area contributed by atoms with Gasteiger partial charge in [0, 0.05) is 37.3 Å². The van der Waals surface area contributed by atoms with Crippen LogP contribution in [0.5, 0.6) is 0 Å². The van der Waals surface area contributed by atoms with E-state index in [0.717, 1.165) is 19.5 Å². The van der Waals surface area contributed by atoms with Crippen molar-refractivity contribution in [2.24, 2.45) is 11.7 Å². The van der Waals surface area contributed by atoms with Crippen molar-refractivity contribution in [2.45, 2.75) is 58.3 Å². The van der Waals surface area contributed by atoms with Crippen molar-refractivity contribution in [1.82, 2.24) is 9.80 Å². The molecule has 0 aromatic heterocycles. The number of hydrogen-bond donors (Lipinski definition) is 2. The highest BCUT2D eigenvalue weighted by atomic mass is 16.3. The maximum absolute atomic E-state index is 9.66. The summed E-state index contributed by atoms with van der Waals surface area (Å²) in [4.78, 5) is 4.78. The summed E-state index contributed by atoms with van der Waals surface area (Å²) in [6, 6.07) is 1.21. The zero-order chi connectivity index (χ0) is 13.9. The molecule has 1 aliphatic heterocycles. The lowest BCUT2D eigenvalue weighted by molar-refractivity contribution is 0.00619. The molecule has 1 aliphatic rings. The van der Waals surface area contributed by atoms with Crippen molar-refractivity contribution < 1.29 is 5.11 Å². The predicted molar refractivity (Wildman–Crippen MR) is 76.6 cm³/mol. The van der Waals surface area contributed by atoms with E-state index in [4.69, 9.17) is 5.73 Å². The number of hydrogen-bond acceptors (Lipinski definition) is 4. The van der Waals surface area contributed by atoms with Crippen LogP contribution in [0.3, 0.4) is 0 Å². The van der Waals surface area contributed by atoms with E-state index in [0.29, 0.717) is 18.0 Å². The van der Waals surface area contributed by atoms with E-state index >= 15 is 0 Å². The van der Waals surface area contributed by atoms with Crippen molar-refractivity contribution in [1.29, 1.82) is 0 Å². The Morgan fingerprint density at radius 3 is 2.11 bits per heavy atom. The van der Waals surface area contributed by atoms with Gasteiger partial charge < -0.3 is 10.8 Å². The monoisotopic (exact) mass is 257 g/mol. The zero-order valence-electron chi connectivity index (χ0n) is 12.6. The second kappa shape index (κ2) is 6.85. The largest absolute Gasteiger partial charge is 0.395 e. The molecule has 1 fully saturated rings. The SMILES string of the molecule is CC(C)CC(N)C(CO)N1CC(C)N(C)C(C)C1. The zero-order valence-corrected chi connectivity index (χ0v) is 12.6. The molecule has 4 atom stereocenters. The highest BCUT2D eigenvalue weighted by molar-refractivity contribution is 4.90. The molecule has 1 rings (SSSR count). The lowest BCUT2D eigenvalue weighted by atomic mass is 9.95. The van der Waals surface area contributed by atoms with Gasteiger partial charge >= 0.3 is 0 Å². The van der Waals surface area contributed by atoms with Crippen molar-refractivity contribution in [3.63, 3.8) is 0 Å². The van der Waals surface area contributed by atoms with Gasteiger partial charge in [-0.1, -0.05) is 13.8 Å². The molecule has 0 spiro atoms. The molecule has 0 aromatic carbocycles. The first-order valence-corrected chi connectivity index (χ1v) is 7.19. The second-order valence-electron chi connectivity index (χ2n) is 6.36. The van der Waals surface area contributed by atoms with Crippen molar-refractivity contribution in [3.05, 3.63) is 0 Å². The molecule has 108 valence electrons. The van der Waals surface area contributed by atoms with E-state index < -0.39 is 0 Å². The van der Waals surface area contributed by atoms with Gasteiger partial charge in [-0.15, -0.1) is 0 Å². The van der Waals surface area contributed by atoms with Crippen LogP contribution in [-0.4, -0.2) is 65.8 Å². The Morgan fingerprint density at radius 2 is 1.72 bits per heavy atom. The maximum Gasteiger partial charge on any atom is 0.0601 e. The molecule has 4 unspecified atom stereocenters. The van der Waals surface area contributed by atoms with Gasteiger partial charge in [0.25, 0.3) is 0 Å². The van der Waals surface area contributed by atoms with Gasteiger partial charge in [0.15, 0.2) is 0 Å². The van der Waals surface area contributed by atoms with Gasteiger partial charge in [-0.05, 0) is 33.2 Å². The molecule has 0 amide bonds. The summed E-state index contributed by atoms with van der Waals surface area (Å²) < 4.78 is 0. The molecule has 1 saturated heterocycles. The number of nitrogens with zero attached hydrogens (tertiary/aromatic N) is 2. The first-order chi connectivity index (χ1) is 8.36. The Hall–Kier alpha value is -0.160. The van der Waals surface area contributed by atoms with Crippen LogP contribution in [0.15, 0.2) is 0 Å². The highest BCUT2D eigenvalue weighted by Crippen LogP contribution is 2.19. The summed E-state index contributed by atoms with van der Waals surface area (Å²) in [5.74, 6) is 0.580. The second-order valence-corrected chi connectivity index (χ2v) is 6.36. The third-order valence-electron chi connectivity index (χ3n) is 4.28. The molecular weight excluding hydrogens is 226 g/mol. The van der Waals surface area contributed by atoms with E-state index in [2.05, 4.69) is 44.5 Å². The molecular formula is C14H31N3O. The van der Waals surface area contributed by atoms with E-state index in [9.17, 15) is 5.11 Å². The van der Waals surface area contributed by atoms with Crippen molar-refractivity contribution in [3.8, 4) is 0 Å². The quantitative estimate of drug-likeness (QED) is 0.763. The predicted octanol–water partition coefficient (Wildman–Crippen LogP) is 0.745. The minimum Gasteiger partial charge on any atom is -0.395 e. The molecule has 0 bridgehead atoms. The smallest absolute Gasteiger partial charge is 0.0601 e. The minimum atomic E-state index is 0.0674. The summed E-state index contributed by atoms with van der Waals surface area (Å²) in [5.41, 5.74) is 6.27. The Balaban J connectivity index is 2.65. The normalized spacial score (nSPS) is 30.7. The Bertz CT molecular complexity index is 235. The highest BCUT2D eigenvalue weighted by Gasteiger charge is 2.33. The molecule has 0 aromatic rings. The van der Waals surface area contributed by atoms with Crippen molar-refractivity contribution in [2.75, 3.05) is 26.7 Å². The van der Waals surface area contributed by atoms with Crippen LogP contribution >= 0.6 is 0 Å². The van der Waals surface area contributed by atoms with Gasteiger partial charge in [0.05, 0.1) is 6.61 Å².